The van der Waals surface area contributed by atoms with Gasteiger partial charge in [-0.25, -0.2) is 5.09 Å². The fraction of sp³-hybridized carbons (Fsp3) is 0.176. The molecule has 1 aliphatic carbocycles. The Balaban J connectivity index is 1.46. The van der Waals surface area contributed by atoms with Crippen LogP contribution in [0, 0.1) is 0 Å². The molecular weight excluding hydrogens is 638 g/mol. The van der Waals surface area contributed by atoms with Crippen molar-refractivity contribution >= 4 is 65.1 Å². The van der Waals surface area contributed by atoms with E-state index in [1.807, 2.05) is 97.1 Å². The third kappa shape index (κ3) is 7.40. The lowest BCUT2D eigenvalue weighted by atomic mass is 10.2. The quantitative estimate of drug-likeness (QED) is 0.108. The van der Waals surface area contributed by atoms with Gasteiger partial charge in [0.05, 0.1) is 22.5 Å². The summed E-state index contributed by atoms with van der Waals surface area (Å²) in [6.45, 7) is -1.59. The van der Waals surface area contributed by atoms with E-state index in [1.54, 1.807) is 30.7 Å². The van der Waals surface area contributed by atoms with Crippen LogP contribution in [0.1, 0.15) is 41.5 Å². The lowest BCUT2D eigenvalue weighted by molar-refractivity contribution is -0.146. The van der Waals surface area contributed by atoms with Gasteiger partial charge in [0.2, 0.25) is 0 Å². The summed E-state index contributed by atoms with van der Waals surface area (Å²) in [7, 11) is 1.61. The number of aromatic nitrogens is 3. The molecule has 1 aliphatic rings. The first-order chi connectivity index (χ1) is 22.3. The van der Waals surface area contributed by atoms with Crippen molar-refractivity contribution < 1.29 is 18.8 Å². The van der Waals surface area contributed by atoms with Crippen LogP contribution in [0.2, 0.25) is 0 Å². The number of nitrogens with one attached hydrogen (secondary N) is 2. The molecule has 6 rings (SSSR count). The zero-order valence-corrected chi connectivity index (χ0v) is 27.7. The van der Waals surface area contributed by atoms with Crippen LogP contribution in [0.25, 0.3) is 23.1 Å². The summed E-state index contributed by atoms with van der Waals surface area (Å²) in [4.78, 5) is 31.7. The molecule has 2 aromatic heterocycles. The Morgan fingerprint density at radius 1 is 1.02 bits per heavy atom. The van der Waals surface area contributed by atoms with Gasteiger partial charge in [-0.15, -0.1) is 0 Å². The van der Waals surface area contributed by atoms with Crippen LogP contribution < -0.4 is 14.9 Å². The average molecular weight is 670 g/mol. The molecule has 1 unspecified atom stereocenters. The number of hydrogen-bond acceptors (Lipinski definition) is 8. The van der Waals surface area contributed by atoms with Crippen LogP contribution in [0.4, 0.5) is 0 Å². The topological polar surface area (TPSA) is 107 Å². The van der Waals surface area contributed by atoms with Gasteiger partial charge < -0.3 is 14.6 Å². The van der Waals surface area contributed by atoms with Gasteiger partial charge in [-0.3, -0.25) is 14.6 Å². The monoisotopic (exact) mass is 669 g/mol. The summed E-state index contributed by atoms with van der Waals surface area (Å²) in [5.41, 5.74) is 2.71. The van der Waals surface area contributed by atoms with E-state index in [-0.39, 0.29) is 18.0 Å². The highest BCUT2D eigenvalue weighted by atomic mass is 32.5. The maximum atomic E-state index is 13.0. The number of hydrogen-bond donors (Lipinski definition) is 2. The Hall–Kier alpha value is -4.28. The molecule has 46 heavy (non-hydrogen) atoms. The van der Waals surface area contributed by atoms with E-state index in [9.17, 15) is 9.59 Å². The third-order valence-corrected chi connectivity index (χ3v) is 11.1. The van der Waals surface area contributed by atoms with Crippen molar-refractivity contribution in [2.24, 2.45) is 0 Å². The number of pyridine rings is 1. The number of para-hydroxylation sites is 1. The van der Waals surface area contributed by atoms with Gasteiger partial charge >= 0.3 is 5.97 Å². The Morgan fingerprint density at radius 2 is 1.78 bits per heavy atom. The minimum atomic E-state index is -3.31. The molecule has 0 bridgehead atoms. The maximum absolute atomic E-state index is 13.0. The van der Waals surface area contributed by atoms with Crippen molar-refractivity contribution in [3.8, 4) is 5.75 Å². The number of amides is 1. The summed E-state index contributed by atoms with van der Waals surface area (Å²) in [5, 5.41) is 11.8. The molecule has 9 nitrogen and oxygen atoms in total. The van der Waals surface area contributed by atoms with Gasteiger partial charge in [0.15, 0.2) is 0 Å². The molecule has 2 atom stereocenters. The predicted octanol–water partition coefficient (Wildman–Crippen LogP) is 6.95. The maximum Gasteiger partial charge on any atom is 0.323 e. The number of carbonyl (C=O) groups is 2. The predicted molar refractivity (Wildman–Crippen MR) is 185 cm³/mol. The third-order valence-electron chi connectivity index (χ3n) is 7.09. The largest absolute Gasteiger partial charge is 0.461 e. The second kappa shape index (κ2) is 14.0. The van der Waals surface area contributed by atoms with Gasteiger partial charge in [0.1, 0.15) is 17.9 Å². The number of ether oxygens (including phenoxy) is 1. The second-order valence-corrected chi connectivity index (χ2v) is 15.1. The van der Waals surface area contributed by atoms with Crippen LogP contribution in [0.5, 0.6) is 5.75 Å². The number of esters is 1. The molecule has 0 aliphatic heterocycles. The van der Waals surface area contributed by atoms with Gasteiger partial charge in [0.25, 0.3) is 12.5 Å². The first-order valence-electron chi connectivity index (χ1n) is 14.8. The van der Waals surface area contributed by atoms with E-state index in [4.69, 9.17) is 26.2 Å². The minimum absolute atomic E-state index is 0.0456. The highest BCUT2D eigenvalue weighted by molar-refractivity contribution is 8.10. The molecule has 1 amide bonds. The number of fused-ring (bicyclic) bond motifs is 1. The highest BCUT2D eigenvalue weighted by Crippen LogP contribution is 2.48. The average Bonchev–Trinajstić information content (AvgIpc) is 3.82. The summed E-state index contributed by atoms with van der Waals surface area (Å²) in [6, 6.07) is 27.6. The molecule has 1 saturated carbocycles. The van der Waals surface area contributed by atoms with Crippen LogP contribution in [0.15, 0.2) is 107 Å². The second-order valence-electron chi connectivity index (χ2n) is 10.6. The Labute approximate surface area is 276 Å². The molecule has 5 aromatic rings. The standard InChI is InChI=1S/C34H32N5O4PS2/c1-23(34(41)42-25-16-17-25)38-44(45,43-26-11-4-3-5-12-26)39-31-22-27(46-32-14-7-6-13-29(32)33(40)35-2)18-19-28(31)30(37-39)20-15-24-10-8-9-21-36-24/h3-15,18-23,25H,16-17H2,1-2H3,(H,35,40)(H,38,45)/b20-15+/t23-,44?/m0/s1. The minimum Gasteiger partial charge on any atom is -0.461 e. The lowest BCUT2D eigenvalue weighted by Crippen LogP contribution is -2.36. The summed E-state index contributed by atoms with van der Waals surface area (Å²) in [6.07, 6.45) is 7.20. The van der Waals surface area contributed by atoms with E-state index in [0.717, 1.165) is 33.7 Å². The molecule has 0 spiro atoms. The van der Waals surface area contributed by atoms with Gasteiger partial charge in [0, 0.05) is 28.4 Å². The fourth-order valence-corrected chi connectivity index (χ4v) is 8.62. The van der Waals surface area contributed by atoms with Crippen molar-refractivity contribution in [2.45, 2.75) is 41.7 Å². The summed E-state index contributed by atoms with van der Waals surface area (Å²) >= 11 is 7.77. The van der Waals surface area contributed by atoms with E-state index in [1.165, 1.54) is 11.8 Å². The van der Waals surface area contributed by atoms with Crippen LogP contribution in [-0.2, 0) is 21.3 Å². The SMILES string of the molecule is CNC(=O)c1ccccc1Sc1ccc2c(/C=C/c3ccccn3)nn(P(=S)(N[C@@H](C)C(=O)OC3CC3)Oc3ccccc3)c2c1. The molecule has 2 heterocycles. The summed E-state index contributed by atoms with van der Waals surface area (Å²) in [5.74, 6) is -0.0123. The molecule has 3 aromatic carbocycles. The number of nitrogens with zero attached hydrogens (tertiary/aromatic N) is 3. The van der Waals surface area contributed by atoms with Gasteiger partial charge in [-0.1, -0.05) is 48.2 Å². The number of benzene rings is 3. The number of rotatable bonds is 12. The molecule has 1 fully saturated rings. The molecule has 234 valence electrons. The Bertz CT molecular complexity index is 1950. The zero-order valence-electron chi connectivity index (χ0n) is 25.2. The first kappa shape index (κ1) is 31.7. The molecule has 12 heteroatoms. The van der Waals surface area contributed by atoms with Crippen molar-refractivity contribution in [2.75, 3.05) is 7.05 Å². The fourth-order valence-electron chi connectivity index (χ4n) is 4.63. The van der Waals surface area contributed by atoms with E-state index < -0.39 is 12.6 Å². The first-order valence-corrected chi connectivity index (χ1v) is 18.3. The highest BCUT2D eigenvalue weighted by Gasteiger charge is 2.34. The van der Waals surface area contributed by atoms with Gasteiger partial charge in [-0.2, -0.15) is 9.55 Å². The summed E-state index contributed by atoms with van der Waals surface area (Å²) < 4.78 is 13.8. The van der Waals surface area contributed by atoms with Crippen molar-refractivity contribution in [1.82, 2.24) is 24.9 Å². The smallest absolute Gasteiger partial charge is 0.323 e. The zero-order chi connectivity index (χ0) is 32.1. The Morgan fingerprint density at radius 3 is 2.52 bits per heavy atom. The molecular formula is C34H32N5O4PS2. The van der Waals surface area contributed by atoms with E-state index in [2.05, 4.69) is 15.4 Å². The lowest BCUT2D eigenvalue weighted by Gasteiger charge is -2.27. The van der Waals surface area contributed by atoms with Crippen LogP contribution >= 0.6 is 18.3 Å². The van der Waals surface area contributed by atoms with Crippen LogP contribution in [-0.4, -0.2) is 45.6 Å². The molecule has 0 radical (unpaired) electrons. The Kier molecular flexibility index (Phi) is 9.65. The molecule has 0 saturated heterocycles. The van der Waals surface area contributed by atoms with Gasteiger partial charge in [-0.05, 0) is 98.3 Å². The van der Waals surface area contributed by atoms with E-state index >= 15 is 0 Å². The normalized spacial score (nSPS) is 14.9. The van der Waals surface area contributed by atoms with Crippen molar-refractivity contribution in [3.63, 3.8) is 0 Å². The van der Waals surface area contributed by atoms with E-state index in [0.29, 0.717) is 22.5 Å². The number of carbonyl (C=O) groups excluding carboxylic acids is 2. The molecule has 2 N–H and O–H groups in total. The van der Waals surface area contributed by atoms with Crippen molar-refractivity contribution in [3.05, 3.63) is 114 Å². The van der Waals surface area contributed by atoms with Crippen LogP contribution in [0.3, 0.4) is 0 Å². The van der Waals surface area contributed by atoms with Crippen molar-refractivity contribution in [1.29, 1.82) is 0 Å².